The summed E-state index contributed by atoms with van der Waals surface area (Å²) in [5.74, 6) is 1.40. The highest BCUT2D eigenvalue weighted by Gasteiger charge is 2.50. The van der Waals surface area contributed by atoms with Gasteiger partial charge in [0.2, 0.25) is 5.90 Å². The minimum Gasteiger partial charge on any atom is -0.497 e. The van der Waals surface area contributed by atoms with Crippen LogP contribution in [0.2, 0.25) is 0 Å². The van der Waals surface area contributed by atoms with Crippen LogP contribution in [-0.2, 0) is 29.0 Å². The minimum atomic E-state index is -1.30. The van der Waals surface area contributed by atoms with E-state index in [0.29, 0.717) is 36.8 Å². The number of rotatable bonds is 14. The topological polar surface area (TPSA) is 150 Å². The molecule has 0 saturated heterocycles. The van der Waals surface area contributed by atoms with Crippen LogP contribution in [0.1, 0.15) is 35.6 Å². The average molecular weight is 559 g/mol. The summed E-state index contributed by atoms with van der Waals surface area (Å²) in [5.41, 5.74) is 16.7. The normalized spacial score (nSPS) is 17.6. The number of nitrogens with one attached hydrogen (secondary N) is 2. The highest BCUT2D eigenvalue weighted by Crippen LogP contribution is 2.34. The van der Waals surface area contributed by atoms with Gasteiger partial charge in [0.05, 0.1) is 20.3 Å². The van der Waals surface area contributed by atoms with Crippen molar-refractivity contribution in [1.82, 2.24) is 10.9 Å². The summed E-state index contributed by atoms with van der Waals surface area (Å²) in [6, 6.07) is 22.3. The fraction of sp³-hybridized carbons (Fsp3) is 0.333. The van der Waals surface area contributed by atoms with Gasteiger partial charge in [-0.3, -0.25) is 10.2 Å². The maximum atomic E-state index is 13.9. The van der Waals surface area contributed by atoms with E-state index in [1.54, 1.807) is 19.2 Å². The summed E-state index contributed by atoms with van der Waals surface area (Å²) in [6.07, 6.45) is 0.168. The molecule has 0 bridgehead atoms. The number of nitrogens with zero attached hydrogens (tertiary/aromatic N) is 4. The Balaban J connectivity index is 1.59. The van der Waals surface area contributed by atoms with Crippen molar-refractivity contribution in [1.29, 1.82) is 0 Å². The third-order valence-electron chi connectivity index (χ3n) is 6.86. The van der Waals surface area contributed by atoms with Crippen LogP contribution in [0.15, 0.2) is 82.9 Å². The molecule has 1 heterocycles. The van der Waals surface area contributed by atoms with Crippen molar-refractivity contribution in [3.05, 3.63) is 105 Å². The van der Waals surface area contributed by atoms with Gasteiger partial charge in [-0.25, -0.2) is 10.4 Å². The quantitative estimate of drug-likeness (QED) is 0.0886. The summed E-state index contributed by atoms with van der Waals surface area (Å²) < 4.78 is 17.0. The van der Waals surface area contributed by atoms with E-state index in [4.69, 9.17) is 29.8 Å². The van der Waals surface area contributed by atoms with Crippen LogP contribution < -0.4 is 20.3 Å². The zero-order valence-electron chi connectivity index (χ0n) is 23.1. The van der Waals surface area contributed by atoms with E-state index < -0.39 is 11.6 Å². The molecule has 0 unspecified atom stereocenters. The number of hydrogen-bond donors (Lipinski definition) is 3. The van der Waals surface area contributed by atoms with Crippen molar-refractivity contribution < 1.29 is 24.1 Å². The molecule has 41 heavy (non-hydrogen) atoms. The molecule has 3 N–H and O–H groups in total. The lowest BCUT2D eigenvalue weighted by molar-refractivity contribution is -0.129. The Hall–Kier alpha value is -4.57. The van der Waals surface area contributed by atoms with E-state index in [2.05, 4.69) is 20.9 Å². The van der Waals surface area contributed by atoms with Crippen molar-refractivity contribution in [3.63, 3.8) is 0 Å². The summed E-state index contributed by atoms with van der Waals surface area (Å²) in [5, 5.41) is 12.7. The highest BCUT2D eigenvalue weighted by atomic mass is 16.5. The standard InChI is InChI=1S/C30H34N6O5/c1-21-30(18-24-6-3-4-7-25(24)20-33-36-31,29(38)35-32-19-22-8-12-26(39-2)13-9-22)34-28(41-21)23-10-14-27(15-11-23)40-17-5-16-37/h3-4,6-15,21,32,37H,5,16-20H2,1-2H3,(H,35,38)/t21-,30-/m0/s1. The monoisotopic (exact) mass is 558 g/mol. The lowest BCUT2D eigenvalue weighted by atomic mass is 9.84. The smallest absolute Gasteiger partial charge is 0.266 e. The van der Waals surface area contributed by atoms with Crippen LogP contribution in [0.5, 0.6) is 11.5 Å². The number of carbonyl (C=O) groups excluding carboxylic acids is 1. The first-order chi connectivity index (χ1) is 20.0. The molecule has 1 aliphatic rings. The van der Waals surface area contributed by atoms with Crippen molar-refractivity contribution in [2.24, 2.45) is 10.1 Å². The maximum Gasteiger partial charge on any atom is 0.266 e. The Kier molecular flexibility index (Phi) is 10.2. The second-order valence-corrected chi connectivity index (χ2v) is 9.54. The number of hydrazine groups is 1. The van der Waals surface area contributed by atoms with Crippen LogP contribution in [0, 0.1) is 0 Å². The first kappa shape index (κ1) is 29.4. The lowest BCUT2D eigenvalue weighted by Gasteiger charge is -2.29. The predicted octanol–water partition coefficient (Wildman–Crippen LogP) is 4.23. The number of benzene rings is 3. The molecule has 11 nitrogen and oxygen atoms in total. The highest BCUT2D eigenvalue weighted by molar-refractivity contribution is 6.00. The van der Waals surface area contributed by atoms with Gasteiger partial charge in [-0.15, -0.1) is 0 Å². The van der Waals surface area contributed by atoms with Gasteiger partial charge in [0.25, 0.3) is 5.91 Å². The van der Waals surface area contributed by atoms with Crippen LogP contribution in [0.3, 0.4) is 0 Å². The van der Waals surface area contributed by atoms with Gasteiger partial charge >= 0.3 is 0 Å². The summed E-state index contributed by atoms with van der Waals surface area (Å²) in [7, 11) is 1.61. The van der Waals surface area contributed by atoms with Crippen LogP contribution in [0.25, 0.3) is 10.4 Å². The van der Waals surface area contributed by atoms with Gasteiger partial charge in [0, 0.05) is 36.5 Å². The molecule has 1 aliphatic heterocycles. The molecule has 3 aromatic rings. The molecule has 4 rings (SSSR count). The molecule has 0 saturated carbocycles. The molecule has 0 aliphatic carbocycles. The lowest BCUT2D eigenvalue weighted by Crippen LogP contribution is -2.55. The molecule has 214 valence electrons. The van der Waals surface area contributed by atoms with Gasteiger partial charge in [-0.05, 0) is 65.5 Å². The summed E-state index contributed by atoms with van der Waals surface area (Å²) in [6.45, 7) is 2.84. The number of aliphatic imine (C=N–C) groups is 1. The maximum absolute atomic E-state index is 13.9. The Morgan fingerprint density at radius 1 is 1.10 bits per heavy atom. The second kappa shape index (κ2) is 14.2. The number of ether oxygens (including phenoxy) is 3. The van der Waals surface area contributed by atoms with Gasteiger partial charge in [-0.2, -0.15) is 0 Å². The number of azide groups is 1. The SMILES string of the molecule is COc1ccc(CNNC(=O)[C@@]2(Cc3ccccc3CN=[N+]=[N-])N=C(c3ccc(OCCCO)cc3)O[C@H]2C)cc1. The van der Waals surface area contributed by atoms with Gasteiger partial charge < -0.3 is 19.3 Å². The largest absolute Gasteiger partial charge is 0.497 e. The zero-order valence-corrected chi connectivity index (χ0v) is 23.1. The molecule has 0 aromatic heterocycles. The van der Waals surface area contributed by atoms with Crippen molar-refractivity contribution in [2.75, 3.05) is 20.3 Å². The van der Waals surface area contributed by atoms with Gasteiger partial charge in [-0.1, -0.05) is 41.5 Å². The van der Waals surface area contributed by atoms with E-state index in [1.165, 1.54) is 0 Å². The first-order valence-corrected chi connectivity index (χ1v) is 13.3. The predicted molar refractivity (Wildman–Crippen MR) is 154 cm³/mol. The molecule has 0 radical (unpaired) electrons. The average Bonchev–Trinajstić information content (AvgIpc) is 3.34. The van der Waals surface area contributed by atoms with Crippen LogP contribution in [0.4, 0.5) is 0 Å². The Bertz CT molecular complexity index is 1390. The van der Waals surface area contributed by atoms with Gasteiger partial charge in [0.15, 0.2) is 5.54 Å². The number of hydrogen-bond acceptors (Lipinski definition) is 8. The molecule has 2 atom stereocenters. The number of amides is 1. The van der Waals surface area contributed by atoms with Crippen molar-refractivity contribution >= 4 is 11.8 Å². The Morgan fingerprint density at radius 3 is 2.49 bits per heavy atom. The fourth-order valence-electron chi connectivity index (χ4n) is 4.50. The van der Waals surface area contributed by atoms with Gasteiger partial charge in [0.1, 0.15) is 17.6 Å². The zero-order chi connectivity index (χ0) is 29.1. The third kappa shape index (κ3) is 7.34. The molecule has 0 fully saturated rings. The minimum absolute atomic E-state index is 0.0612. The van der Waals surface area contributed by atoms with Crippen LogP contribution in [-0.4, -0.2) is 48.9 Å². The first-order valence-electron chi connectivity index (χ1n) is 13.3. The molecule has 1 amide bonds. The summed E-state index contributed by atoms with van der Waals surface area (Å²) in [4.78, 5) is 21.6. The second-order valence-electron chi connectivity index (χ2n) is 9.54. The number of aliphatic hydroxyl groups excluding tert-OH is 1. The molecular weight excluding hydrogens is 524 g/mol. The molecule has 11 heteroatoms. The van der Waals surface area contributed by atoms with E-state index in [0.717, 1.165) is 22.4 Å². The third-order valence-corrected chi connectivity index (χ3v) is 6.86. The van der Waals surface area contributed by atoms with E-state index >= 15 is 0 Å². The number of methoxy groups -OCH3 is 1. The van der Waals surface area contributed by atoms with E-state index in [-0.39, 0.29) is 25.5 Å². The number of aliphatic hydroxyl groups is 1. The van der Waals surface area contributed by atoms with Crippen molar-refractivity contribution in [2.45, 2.75) is 44.5 Å². The molecule has 0 spiro atoms. The van der Waals surface area contributed by atoms with E-state index in [9.17, 15) is 4.79 Å². The summed E-state index contributed by atoms with van der Waals surface area (Å²) >= 11 is 0. The van der Waals surface area contributed by atoms with Crippen LogP contribution >= 0.6 is 0 Å². The molecular formula is C30H34N6O5. The number of carbonyl (C=O) groups is 1. The fourth-order valence-corrected chi connectivity index (χ4v) is 4.50. The Morgan fingerprint density at radius 2 is 1.80 bits per heavy atom. The Labute approximate surface area is 238 Å². The van der Waals surface area contributed by atoms with E-state index in [1.807, 2.05) is 67.6 Å². The molecule has 3 aromatic carbocycles. The van der Waals surface area contributed by atoms with Crippen molar-refractivity contribution in [3.8, 4) is 11.5 Å².